The fourth-order valence-corrected chi connectivity index (χ4v) is 9.47. The van der Waals surface area contributed by atoms with E-state index in [2.05, 4.69) is 41.1 Å². The van der Waals surface area contributed by atoms with Crippen molar-refractivity contribution in [3.63, 3.8) is 0 Å². The molecule has 302 valence electrons. The van der Waals surface area contributed by atoms with Crippen LogP contribution in [0.25, 0.3) is 26.9 Å². The number of benzene rings is 4. The van der Waals surface area contributed by atoms with Crippen molar-refractivity contribution in [3.05, 3.63) is 105 Å². The number of hydrazone groups is 1. The van der Waals surface area contributed by atoms with Gasteiger partial charge in [0.25, 0.3) is 30.4 Å². The topological polar surface area (TPSA) is 317 Å². The quantitative estimate of drug-likeness (QED) is 0.0607. The lowest BCUT2D eigenvalue weighted by atomic mass is 9.93. The first kappa shape index (κ1) is 40.9. The fourth-order valence-electron chi connectivity index (χ4n) is 5.80. The largest absolute Gasteiger partial charge is 0.478 e. The van der Waals surface area contributed by atoms with Gasteiger partial charge in [0.15, 0.2) is 5.71 Å². The Bertz CT molecular complexity index is 3190. The summed E-state index contributed by atoms with van der Waals surface area (Å²) in [5.41, 5.74) is 1.39. The van der Waals surface area contributed by atoms with Crippen LogP contribution in [0.4, 0.5) is 29.0 Å². The van der Waals surface area contributed by atoms with Gasteiger partial charge in [-0.25, -0.2) is 9.78 Å². The predicted octanol–water partition coefficient (Wildman–Crippen LogP) is 5.68. The van der Waals surface area contributed by atoms with Gasteiger partial charge in [-0.2, -0.15) is 45.3 Å². The number of para-hydroxylation sites is 1. The molecule has 7 rings (SSSR count). The van der Waals surface area contributed by atoms with Crippen LogP contribution in [-0.4, -0.2) is 81.4 Å². The number of allylic oxidation sites excluding steroid dienone is 1. The Hall–Kier alpha value is -6.25. The summed E-state index contributed by atoms with van der Waals surface area (Å²) in [6.07, 6.45) is 0.718. The second kappa shape index (κ2) is 15.2. The third-order valence-electron chi connectivity index (χ3n) is 8.34. The molecule has 2 heterocycles. The molecule has 4 aromatic carbocycles. The maximum atomic E-state index is 14.0. The highest BCUT2D eigenvalue weighted by Crippen LogP contribution is 2.37. The summed E-state index contributed by atoms with van der Waals surface area (Å²) >= 11 is 7.26. The van der Waals surface area contributed by atoms with Gasteiger partial charge in [0.05, 0.1) is 37.6 Å². The zero-order valence-corrected chi connectivity index (χ0v) is 33.3. The van der Waals surface area contributed by atoms with E-state index < -0.39 is 79.7 Å². The van der Waals surface area contributed by atoms with Crippen LogP contribution >= 0.6 is 22.9 Å². The van der Waals surface area contributed by atoms with Crippen molar-refractivity contribution >= 4 is 116 Å². The summed E-state index contributed by atoms with van der Waals surface area (Å²) in [4.78, 5) is 40.3. The number of aryl methyl sites for hydroxylation is 1. The summed E-state index contributed by atoms with van der Waals surface area (Å²) in [5.74, 6) is -3.15. The molecule has 1 aliphatic carbocycles. The first-order chi connectivity index (χ1) is 27.7. The Morgan fingerprint density at radius 1 is 0.797 bits per heavy atom. The Morgan fingerprint density at radius 3 is 2.12 bits per heavy atom. The second-order valence-corrected chi connectivity index (χ2v) is 17.8. The van der Waals surface area contributed by atoms with Crippen LogP contribution in [0.2, 0.25) is 5.28 Å². The molecule has 0 unspecified atom stereocenters. The van der Waals surface area contributed by atoms with Crippen LogP contribution in [-0.2, 0) is 30.4 Å². The summed E-state index contributed by atoms with van der Waals surface area (Å²) in [6.45, 7) is 1.55. The van der Waals surface area contributed by atoms with Gasteiger partial charge in [-0.1, -0.05) is 18.2 Å². The number of halogens is 1. The number of nitrogens with zero attached hydrogens (tertiary/aromatic N) is 5. The number of aromatic nitrogens is 4. The van der Waals surface area contributed by atoms with Gasteiger partial charge in [0.2, 0.25) is 23.0 Å². The third kappa shape index (κ3) is 8.50. The summed E-state index contributed by atoms with van der Waals surface area (Å²) < 4.78 is 104. The number of carbonyl (C=O) groups is 2. The molecular weight excluding hydrogens is 876 g/mol. The molecule has 0 atom stereocenters. The van der Waals surface area contributed by atoms with Gasteiger partial charge in [-0.05, 0) is 90.3 Å². The van der Waals surface area contributed by atoms with Crippen molar-refractivity contribution < 1.29 is 53.6 Å². The van der Waals surface area contributed by atoms with E-state index in [4.69, 9.17) is 11.6 Å². The number of carboxylic acid groups (broad SMARTS) is 1. The number of carbonyl (C=O) groups excluding carboxylic acids is 1. The van der Waals surface area contributed by atoms with Gasteiger partial charge >= 0.3 is 5.97 Å². The minimum Gasteiger partial charge on any atom is -0.478 e. The van der Waals surface area contributed by atoms with Crippen molar-refractivity contribution in [1.82, 2.24) is 19.9 Å². The summed E-state index contributed by atoms with van der Waals surface area (Å²) in [5, 5.41) is 18.9. The van der Waals surface area contributed by atoms with Crippen LogP contribution in [0.1, 0.15) is 31.8 Å². The van der Waals surface area contributed by atoms with Crippen LogP contribution in [0.15, 0.2) is 92.6 Å². The number of carboxylic acids is 1. The van der Waals surface area contributed by atoms with Crippen LogP contribution in [0.5, 0.6) is 0 Å². The molecule has 0 amide bonds. The molecule has 0 aliphatic heterocycles. The molecule has 0 fully saturated rings. The highest BCUT2D eigenvalue weighted by molar-refractivity contribution is 7.91. The average Bonchev–Trinajstić information content (AvgIpc) is 3.57. The molecule has 7 N–H and O–H groups in total. The smallest absolute Gasteiger partial charge is 0.337 e. The zero-order chi connectivity index (χ0) is 42.6. The van der Waals surface area contributed by atoms with Crippen LogP contribution in [0.3, 0.4) is 0 Å². The lowest BCUT2D eigenvalue weighted by molar-refractivity contribution is 0.0697. The molecule has 2 aromatic heterocycles. The molecule has 1 aliphatic rings. The van der Waals surface area contributed by atoms with E-state index in [1.54, 1.807) is 37.3 Å². The summed E-state index contributed by atoms with van der Waals surface area (Å²) in [6, 6.07) is 16.6. The number of aromatic carboxylic acids is 1. The van der Waals surface area contributed by atoms with Crippen molar-refractivity contribution in [2.24, 2.45) is 5.10 Å². The molecular formula is C34H23ClN8O12S4. The second-order valence-electron chi connectivity index (χ2n) is 12.3. The summed E-state index contributed by atoms with van der Waals surface area (Å²) in [7, 11) is -14.8. The minimum atomic E-state index is -5.25. The average molecular weight is 899 g/mol. The normalized spacial score (nSPS) is 13.9. The van der Waals surface area contributed by atoms with E-state index in [1.165, 1.54) is 30.3 Å². The number of nitrogens with one attached hydrogen (secondary N) is 3. The Labute approximate surface area is 341 Å². The number of hydrogen-bond acceptors (Lipinski definition) is 17. The van der Waals surface area contributed by atoms with E-state index in [1.807, 2.05) is 0 Å². The Kier molecular flexibility index (Phi) is 10.5. The highest BCUT2D eigenvalue weighted by Gasteiger charge is 2.36. The molecule has 0 radical (unpaired) electrons. The molecule has 0 saturated carbocycles. The third-order valence-corrected chi connectivity index (χ3v) is 12.5. The van der Waals surface area contributed by atoms with Gasteiger partial charge in [-0.3, -0.25) is 23.9 Å². The maximum absolute atomic E-state index is 14.0. The molecule has 20 nitrogen and oxygen atoms in total. The van der Waals surface area contributed by atoms with Gasteiger partial charge in [0.1, 0.15) is 14.8 Å². The number of anilines is 5. The van der Waals surface area contributed by atoms with Crippen molar-refractivity contribution in [2.45, 2.75) is 16.7 Å². The van der Waals surface area contributed by atoms with E-state index in [0.717, 1.165) is 29.5 Å². The maximum Gasteiger partial charge on any atom is 0.337 e. The number of fused-ring (bicyclic) bond motifs is 2. The van der Waals surface area contributed by atoms with Gasteiger partial charge in [0, 0.05) is 11.3 Å². The van der Waals surface area contributed by atoms with Crippen molar-refractivity contribution in [1.29, 1.82) is 0 Å². The van der Waals surface area contributed by atoms with Crippen LogP contribution in [0, 0.1) is 6.92 Å². The molecule has 25 heteroatoms. The van der Waals surface area contributed by atoms with Crippen molar-refractivity contribution in [2.75, 3.05) is 16.1 Å². The standard InChI is InChI=1S/C34H23ClN8O12S4/c1-15-6-11-22-28(29(15)59(53,54)55)56-30(37-22)16-7-9-18(10-8-16)36-33-39-32(35)40-34(41-33)38-23-14-19(57(47,48)49)12-17-13-24(58(50,51)52)26(27(44)25(17)23)43-42-21-5-3-2-4-20(21)31(45)46/h2-14,42H,1H3,(H,45,46)(H,47,48,49)(H,50,51,52)(H,53,54,55)(H2,36,38,39,40,41)/b43-26+. The number of Topliss-reactive ketones (excluding diaryl/α,β-unsaturated/α-hetero) is 1. The van der Waals surface area contributed by atoms with E-state index >= 15 is 0 Å². The lowest BCUT2D eigenvalue weighted by Crippen LogP contribution is -2.28. The molecule has 0 spiro atoms. The number of thiazole rings is 1. The van der Waals surface area contributed by atoms with E-state index in [0.29, 0.717) is 27.3 Å². The molecule has 0 saturated heterocycles. The first-order valence-corrected chi connectivity index (χ1v) is 21.7. The number of ketones is 1. The molecule has 0 bridgehead atoms. The lowest BCUT2D eigenvalue weighted by Gasteiger charge is -2.20. The van der Waals surface area contributed by atoms with Gasteiger partial charge in [-0.15, -0.1) is 11.3 Å². The first-order valence-electron chi connectivity index (χ1n) is 16.2. The van der Waals surface area contributed by atoms with Crippen LogP contribution < -0.4 is 16.1 Å². The monoisotopic (exact) mass is 898 g/mol. The fraction of sp³-hybridized carbons (Fsp3) is 0.0294. The zero-order valence-electron chi connectivity index (χ0n) is 29.3. The SMILES string of the molecule is Cc1ccc2nc(-c3ccc(Nc4nc(Cl)nc(Nc5cc(S(=O)(=O)O)cc6c5C(=O)/C(=N/Nc5ccccc5C(=O)O)C(S(=O)(=O)O)=C6)n4)cc3)sc2c1S(=O)(=O)O. The van der Waals surface area contributed by atoms with Crippen molar-refractivity contribution in [3.8, 4) is 10.6 Å². The van der Waals surface area contributed by atoms with E-state index in [9.17, 15) is 53.6 Å². The number of rotatable bonds is 11. The minimum absolute atomic E-state index is 0.156. The van der Waals surface area contributed by atoms with E-state index in [-0.39, 0.29) is 32.7 Å². The molecule has 59 heavy (non-hydrogen) atoms. The molecule has 6 aromatic rings. The Balaban J connectivity index is 1.23. The predicted molar refractivity (Wildman–Crippen MR) is 216 cm³/mol. The van der Waals surface area contributed by atoms with Gasteiger partial charge < -0.3 is 15.7 Å². The number of hydrogen-bond donors (Lipinski definition) is 7. The Morgan fingerprint density at radius 2 is 1.47 bits per heavy atom. The highest BCUT2D eigenvalue weighted by atomic mass is 35.5.